The highest BCUT2D eigenvalue weighted by molar-refractivity contribution is 9.10. The smallest absolute Gasteiger partial charge is 0.291 e. The Morgan fingerprint density at radius 1 is 1.00 bits per heavy atom. The molecule has 150 valence electrons. The van der Waals surface area contributed by atoms with Crippen LogP contribution in [-0.4, -0.2) is 26.0 Å². The Labute approximate surface area is 176 Å². The summed E-state index contributed by atoms with van der Waals surface area (Å²) in [6.07, 6.45) is 0. The average molecular weight is 459 g/mol. The summed E-state index contributed by atoms with van der Waals surface area (Å²) in [6, 6.07) is 15.3. The number of furan rings is 1. The lowest BCUT2D eigenvalue weighted by Crippen LogP contribution is -2.23. The third-order valence-corrected chi connectivity index (χ3v) is 4.53. The van der Waals surface area contributed by atoms with Gasteiger partial charge in [-0.2, -0.15) is 0 Å². The van der Waals surface area contributed by atoms with Gasteiger partial charge in [0, 0.05) is 23.4 Å². The Hall–Kier alpha value is -3.26. The van der Waals surface area contributed by atoms with E-state index in [1.54, 1.807) is 56.7 Å². The van der Waals surface area contributed by atoms with Crippen molar-refractivity contribution >= 4 is 33.4 Å². The van der Waals surface area contributed by atoms with Gasteiger partial charge in [0.15, 0.2) is 21.9 Å². The summed E-state index contributed by atoms with van der Waals surface area (Å²) in [5, 5.41) is 5.55. The maximum atomic E-state index is 12.6. The number of carbonyl (C=O) groups is 2. The molecule has 0 aliphatic carbocycles. The molecule has 2 N–H and O–H groups in total. The quantitative estimate of drug-likeness (QED) is 0.552. The number of hydrogen-bond donors (Lipinski definition) is 2. The fraction of sp³-hybridized carbons (Fsp3) is 0.143. The molecule has 8 heteroatoms. The zero-order valence-electron chi connectivity index (χ0n) is 15.8. The molecule has 1 aromatic heterocycles. The number of hydrogen-bond acceptors (Lipinski definition) is 5. The van der Waals surface area contributed by atoms with E-state index in [9.17, 15) is 9.59 Å². The van der Waals surface area contributed by atoms with Gasteiger partial charge < -0.3 is 24.5 Å². The number of amides is 2. The number of para-hydroxylation sites is 1. The first-order chi connectivity index (χ1) is 14.0. The summed E-state index contributed by atoms with van der Waals surface area (Å²) >= 11 is 3.16. The van der Waals surface area contributed by atoms with Crippen molar-refractivity contribution in [2.45, 2.75) is 6.54 Å². The highest BCUT2D eigenvalue weighted by Gasteiger charge is 2.14. The number of ether oxygens (including phenoxy) is 2. The number of anilines is 1. The maximum Gasteiger partial charge on any atom is 0.291 e. The monoisotopic (exact) mass is 458 g/mol. The first-order valence-electron chi connectivity index (χ1n) is 8.66. The predicted octanol–water partition coefficient (Wildman–Crippen LogP) is 4.24. The SMILES string of the molecule is COc1cccc(CNC(=O)c2cccc(NC(=O)c3ccc(Br)o3)c2)c1OC. The lowest BCUT2D eigenvalue weighted by atomic mass is 10.1. The van der Waals surface area contributed by atoms with E-state index in [4.69, 9.17) is 13.9 Å². The van der Waals surface area contributed by atoms with Gasteiger partial charge in [-0.05, 0) is 52.3 Å². The second-order valence-corrected chi connectivity index (χ2v) is 6.76. The van der Waals surface area contributed by atoms with E-state index in [2.05, 4.69) is 26.6 Å². The van der Waals surface area contributed by atoms with Crippen LogP contribution in [0.3, 0.4) is 0 Å². The van der Waals surface area contributed by atoms with Crippen molar-refractivity contribution in [3.63, 3.8) is 0 Å². The molecular formula is C21H19BrN2O5. The molecule has 0 aliphatic rings. The van der Waals surface area contributed by atoms with Crippen molar-refractivity contribution in [2.24, 2.45) is 0 Å². The van der Waals surface area contributed by atoms with Crippen LogP contribution in [-0.2, 0) is 6.54 Å². The molecule has 0 fully saturated rings. The van der Waals surface area contributed by atoms with E-state index < -0.39 is 5.91 Å². The maximum absolute atomic E-state index is 12.6. The highest BCUT2D eigenvalue weighted by Crippen LogP contribution is 2.30. The summed E-state index contributed by atoms with van der Waals surface area (Å²) < 4.78 is 16.3. The first-order valence-corrected chi connectivity index (χ1v) is 9.46. The summed E-state index contributed by atoms with van der Waals surface area (Å²) in [6.45, 7) is 0.260. The molecule has 7 nitrogen and oxygen atoms in total. The Balaban J connectivity index is 1.68. The average Bonchev–Trinajstić information content (AvgIpc) is 3.18. The van der Waals surface area contributed by atoms with Gasteiger partial charge in [-0.3, -0.25) is 9.59 Å². The van der Waals surface area contributed by atoms with Crippen molar-refractivity contribution in [1.29, 1.82) is 0 Å². The van der Waals surface area contributed by atoms with Gasteiger partial charge >= 0.3 is 0 Å². The molecule has 3 aromatic rings. The van der Waals surface area contributed by atoms with Crippen LogP contribution in [0.4, 0.5) is 5.69 Å². The standard InChI is InChI=1S/C21H19BrN2O5/c1-27-16-8-4-6-14(19(16)28-2)12-23-20(25)13-5-3-7-15(11-13)24-21(26)17-9-10-18(22)29-17/h3-11H,12H2,1-2H3,(H,23,25)(H,24,26). The summed E-state index contributed by atoms with van der Waals surface area (Å²) in [5.74, 6) is 0.632. The molecule has 0 aliphatic heterocycles. The molecule has 0 saturated carbocycles. The zero-order chi connectivity index (χ0) is 20.8. The van der Waals surface area contributed by atoms with E-state index in [0.29, 0.717) is 27.4 Å². The number of carbonyl (C=O) groups excluding carboxylic acids is 2. The van der Waals surface area contributed by atoms with E-state index in [-0.39, 0.29) is 18.2 Å². The molecule has 0 atom stereocenters. The molecule has 2 amide bonds. The third-order valence-electron chi connectivity index (χ3n) is 4.10. The van der Waals surface area contributed by atoms with Gasteiger partial charge in [0.1, 0.15) is 0 Å². The van der Waals surface area contributed by atoms with Gasteiger partial charge in [0.05, 0.1) is 14.2 Å². The minimum absolute atomic E-state index is 0.164. The van der Waals surface area contributed by atoms with Crippen LogP contribution in [0.25, 0.3) is 0 Å². The van der Waals surface area contributed by atoms with Gasteiger partial charge in [0.2, 0.25) is 0 Å². The molecule has 29 heavy (non-hydrogen) atoms. The second kappa shape index (κ2) is 9.29. The summed E-state index contributed by atoms with van der Waals surface area (Å²) in [5.41, 5.74) is 1.67. The fourth-order valence-corrected chi connectivity index (χ4v) is 3.04. The number of rotatable bonds is 7. The van der Waals surface area contributed by atoms with E-state index in [0.717, 1.165) is 5.56 Å². The lowest BCUT2D eigenvalue weighted by Gasteiger charge is -2.13. The van der Waals surface area contributed by atoms with Crippen molar-refractivity contribution < 1.29 is 23.5 Å². The molecule has 1 heterocycles. The zero-order valence-corrected chi connectivity index (χ0v) is 17.4. The largest absolute Gasteiger partial charge is 0.493 e. The Morgan fingerprint density at radius 3 is 2.48 bits per heavy atom. The normalized spacial score (nSPS) is 10.3. The number of halogens is 1. The van der Waals surface area contributed by atoms with Gasteiger partial charge in [-0.1, -0.05) is 18.2 Å². The van der Waals surface area contributed by atoms with Crippen LogP contribution in [0.1, 0.15) is 26.5 Å². The molecule has 0 radical (unpaired) electrons. The molecule has 0 unspecified atom stereocenters. The molecule has 0 saturated heterocycles. The van der Waals surface area contributed by atoms with Crippen molar-refractivity contribution in [3.05, 3.63) is 76.2 Å². The van der Waals surface area contributed by atoms with Gasteiger partial charge in [-0.15, -0.1) is 0 Å². The van der Waals surface area contributed by atoms with Crippen LogP contribution in [0, 0.1) is 0 Å². The number of methoxy groups -OCH3 is 2. The summed E-state index contributed by atoms with van der Waals surface area (Å²) in [7, 11) is 3.11. The lowest BCUT2D eigenvalue weighted by molar-refractivity contribution is 0.0948. The van der Waals surface area contributed by atoms with Crippen molar-refractivity contribution in [2.75, 3.05) is 19.5 Å². The minimum Gasteiger partial charge on any atom is -0.493 e. The van der Waals surface area contributed by atoms with Crippen molar-refractivity contribution in [1.82, 2.24) is 5.32 Å². The molecule has 0 bridgehead atoms. The van der Waals surface area contributed by atoms with E-state index >= 15 is 0 Å². The Bertz CT molecular complexity index is 1030. The Kier molecular flexibility index (Phi) is 6.56. The third kappa shape index (κ3) is 4.97. The molecule has 3 rings (SSSR count). The highest BCUT2D eigenvalue weighted by atomic mass is 79.9. The fourth-order valence-electron chi connectivity index (χ4n) is 2.74. The Morgan fingerprint density at radius 2 is 1.79 bits per heavy atom. The van der Waals surface area contributed by atoms with Crippen LogP contribution in [0.2, 0.25) is 0 Å². The van der Waals surface area contributed by atoms with Crippen LogP contribution >= 0.6 is 15.9 Å². The van der Waals surface area contributed by atoms with E-state index in [1.807, 2.05) is 12.1 Å². The van der Waals surface area contributed by atoms with Crippen LogP contribution < -0.4 is 20.1 Å². The first kappa shape index (κ1) is 20.5. The van der Waals surface area contributed by atoms with Crippen LogP contribution in [0.5, 0.6) is 11.5 Å². The molecule has 0 spiro atoms. The van der Waals surface area contributed by atoms with Crippen molar-refractivity contribution in [3.8, 4) is 11.5 Å². The molecule has 2 aromatic carbocycles. The second-order valence-electron chi connectivity index (χ2n) is 5.97. The summed E-state index contributed by atoms with van der Waals surface area (Å²) in [4.78, 5) is 24.8. The minimum atomic E-state index is -0.408. The predicted molar refractivity (Wildman–Crippen MR) is 112 cm³/mol. The van der Waals surface area contributed by atoms with Gasteiger partial charge in [0.25, 0.3) is 11.8 Å². The number of benzene rings is 2. The molecular weight excluding hydrogens is 440 g/mol. The van der Waals surface area contributed by atoms with Gasteiger partial charge in [-0.25, -0.2) is 0 Å². The topological polar surface area (TPSA) is 89.8 Å². The van der Waals surface area contributed by atoms with Crippen LogP contribution in [0.15, 0.2) is 63.7 Å². The number of nitrogens with one attached hydrogen (secondary N) is 2. The van der Waals surface area contributed by atoms with E-state index in [1.165, 1.54) is 0 Å².